The Morgan fingerprint density at radius 2 is 1.88 bits per heavy atom. The molecule has 1 atom stereocenters. The maximum atomic E-state index is 13.5. The summed E-state index contributed by atoms with van der Waals surface area (Å²) >= 11 is 6.27. The van der Waals surface area contributed by atoms with Crippen LogP contribution in [0.4, 0.5) is 17.6 Å². The van der Waals surface area contributed by atoms with Crippen LogP contribution in [-0.4, -0.2) is 36.5 Å². The quantitative estimate of drug-likeness (QED) is 0.421. The molecule has 1 saturated heterocycles. The van der Waals surface area contributed by atoms with E-state index in [-0.39, 0.29) is 53.7 Å². The van der Waals surface area contributed by atoms with Gasteiger partial charge in [0.2, 0.25) is 5.95 Å². The molecule has 170 valence electrons. The molecule has 12 heteroatoms. The molecular weight excluding hydrogens is 464 g/mol. The summed E-state index contributed by atoms with van der Waals surface area (Å²) in [7, 11) is 0. The Morgan fingerprint density at radius 1 is 1.15 bits per heavy atom. The first kappa shape index (κ1) is 22.6. The molecule has 33 heavy (non-hydrogen) atoms. The topological polar surface area (TPSA) is 137 Å². The molecule has 10 nitrogen and oxygen atoms in total. The van der Waals surface area contributed by atoms with Crippen molar-refractivity contribution >= 4 is 54.0 Å². The van der Waals surface area contributed by atoms with Gasteiger partial charge in [0.25, 0.3) is 5.56 Å². The summed E-state index contributed by atoms with van der Waals surface area (Å²) in [4.78, 5) is 35.9. The second-order valence-corrected chi connectivity index (χ2v) is 7.92. The van der Waals surface area contributed by atoms with Crippen molar-refractivity contribution in [1.29, 1.82) is 0 Å². The number of aromatic nitrogens is 5. The predicted octanol–water partition coefficient (Wildman–Crippen LogP) is 2.36. The molecule has 1 aliphatic rings. The minimum Gasteiger partial charge on any atom is -0.383 e. The van der Waals surface area contributed by atoms with E-state index in [2.05, 4.69) is 9.97 Å². The number of benzene rings is 1. The number of ketones is 1. The van der Waals surface area contributed by atoms with Crippen LogP contribution >= 0.6 is 25.1 Å². The molecule has 4 N–H and O–H groups in total. The largest absolute Gasteiger partial charge is 0.383 e. The van der Waals surface area contributed by atoms with E-state index in [1.165, 1.54) is 11.4 Å². The molecule has 1 unspecified atom stereocenters. The summed E-state index contributed by atoms with van der Waals surface area (Å²) < 4.78 is 3.02. The number of rotatable bonds is 4. The maximum Gasteiger partial charge on any atom is 0.284 e. The maximum absolute atomic E-state index is 13.5. The van der Waals surface area contributed by atoms with Crippen molar-refractivity contribution < 1.29 is 4.79 Å². The van der Waals surface area contributed by atoms with E-state index in [9.17, 15) is 9.59 Å². The van der Waals surface area contributed by atoms with Gasteiger partial charge in [-0.05, 0) is 31.5 Å². The van der Waals surface area contributed by atoms with Crippen LogP contribution in [0.2, 0.25) is 5.02 Å². The number of para-hydroxylation sites is 1. The van der Waals surface area contributed by atoms with E-state index in [0.717, 1.165) is 0 Å². The third-order valence-electron chi connectivity index (χ3n) is 5.55. The SMILES string of the molecule is CC(=O)c1c(N)nc(N)nc1N1CCC1c1nn2ccc(Cl)c2c(=O)n1-c1ccccc1.S. The summed E-state index contributed by atoms with van der Waals surface area (Å²) in [5.74, 6) is 0.529. The number of carbonyl (C=O) groups excluding carboxylic acids is 1. The average Bonchev–Trinajstić information content (AvgIpc) is 3.08. The lowest BCUT2D eigenvalue weighted by Gasteiger charge is -2.42. The van der Waals surface area contributed by atoms with Crippen molar-refractivity contribution in [3.8, 4) is 5.69 Å². The fourth-order valence-electron chi connectivity index (χ4n) is 4.03. The van der Waals surface area contributed by atoms with Crippen LogP contribution < -0.4 is 21.9 Å². The Morgan fingerprint density at radius 3 is 2.52 bits per heavy atom. The summed E-state index contributed by atoms with van der Waals surface area (Å²) in [5, 5.41) is 5.03. The van der Waals surface area contributed by atoms with Crippen LogP contribution in [0.5, 0.6) is 0 Å². The Balaban J connectivity index is 0.00000259. The predicted molar refractivity (Wildman–Crippen MR) is 132 cm³/mol. The molecule has 1 aliphatic heterocycles. The van der Waals surface area contributed by atoms with Crippen molar-refractivity contribution in [3.05, 3.63) is 69.4 Å². The third-order valence-corrected chi connectivity index (χ3v) is 5.86. The fraction of sp³-hybridized carbons (Fsp3) is 0.190. The van der Waals surface area contributed by atoms with Crippen molar-refractivity contribution in [2.24, 2.45) is 0 Å². The zero-order chi connectivity index (χ0) is 22.6. The number of hydrogen-bond donors (Lipinski definition) is 2. The van der Waals surface area contributed by atoms with Crippen LogP contribution in [0.15, 0.2) is 47.4 Å². The first-order valence-electron chi connectivity index (χ1n) is 9.92. The van der Waals surface area contributed by atoms with Gasteiger partial charge in [-0.25, -0.2) is 4.52 Å². The number of nitrogen functional groups attached to an aromatic ring is 2. The highest BCUT2D eigenvalue weighted by Crippen LogP contribution is 2.39. The van der Waals surface area contributed by atoms with E-state index in [1.807, 2.05) is 35.2 Å². The molecule has 3 aromatic heterocycles. The lowest BCUT2D eigenvalue weighted by atomic mass is 10.00. The van der Waals surface area contributed by atoms with Gasteiger partial charge in [-0.15, -0.1) is 0 Å². The van der Waals surface area contributed by atoms with Crippen molar-refractivity contribution in [2.75, 3.05) is 22.9 Å². The van der Waals surface area contributed by atoms with E-state index in [0.29, 0.717) is 35.3 Å². The number of halogens is 1. The van der Waals surface area contributed by atoms with Gasteiger partial charge < -0.3 is 16.4 Å². The molecule has 4 heterocycles. The van der Waals surface area contributed by atoms with Gasteiger partial charge >= 0.3 is 0 Å². The van der Waals surface area contributed by atoms with Crippen LogP contribution in [0, 0.1) is 0 Å². The Labute approximate surface area is 200 Å². The zero-order valence-corrected chi connectivity index (χ0v) is 19.3. The van der Waals surface area contributed by atoms with Gasteiger partial charge in [0.1, 0.15) is 22.7 Å². The van der Waals surface area contributed by atoms with E-state index >= 15 is 0 Å². The summed E-state index contributed by atoms with van der Waals surface area (Å²) in [6.45, 7) is 1.98. The van der Waals surface area contributed by atoms with E-state index < -0.39 is 0 Å². The minimum absolute atomic E-state index is 0. The number of hydrogen-bond acceptors (Lipinski definition) is 8. The summed E-state index contributed by atoms with van der Waals surface area (Å²) in [5.41, 5.74) is 12.6. The number of nitrogens with two attached hydrogens (primary N) is 2. The minimum atomic E-state index is -0.347. The molecule has 0 aliphatic carbocycles. The Bertz CT molecular complexity index is 1440. The highest BCUT2D eigenvalue weighted by Gasteiger charge is 2.38. The normalized spacial score (nSPS) is 15.2. The van der Waals surface area contributed by atoms with Crippen LogP contribution in [-0.2, 0) is 0 Å². The first-order valence-corrected chi connectivity index (χ1v) is 10.3. The van der Waals surface area contributed by atoms with Crippen LogP contribution in [0.1, 0.15) is 35.6 Å². The molecule has 0 saturated carbocycles. The van der Waals surface area contributed by atoms with Gasteiger partial charge in [0.15, 0.2) is 11.6 Å². The van der Waals surface area contributed by atoms with Crippen LogP contribution in [0.3, 0.4) is 0 Å². The standard InChI is InChI=1S/C21H19ClN8O2.H2S/c1-11(31)15-17(23)25-21(24)26-19(15)28-9-8-14(28)18-27-29-10-7-13(22)16(29)20(32)30(18)12-5-3-2-4-6-12;/h2-7,10,14H,8-9H2,1H3,(H4,23,24,25,26);1H2. The molecule has 0 radical (unpaired) electrons. The highest BCUT2D eigenvalue weighted by atomic mass is 35.5. The first-order chi connectivity index (χ1) is 15.4. The Kier molecular flexibility index (Phi) is 5.76. The molecule has 0 spiro atoms. The van der Waals surface area contributed by atoms with Gasteiger partial charge in [0.05, 0.1) is 16.8 Å². The number of Topliss-reactive ketones (excluding diaryl/α,β-unsaturated/α-hetero) is 1. The number of carbonyl (C=O) groups is 1. The van der Waals surface area contributed by atoms with Gasteiger partial charge in [-0.3, -0.25) is 14.2 Å². The Hall–Kier alpha value is -3.57. The number of fused-ring (bicyclic) bond motifs is 1. The van der Waals surface area contributed by atoms with E-state index in [4.69, 9.17) is 28.2 Å². The molecule has 0 amide bonds. The van der Waals surface area contributed by atoms with Gasteiger partial charge in [-0.2, -0.15) is 28.6 Å². The second-order valence-electron chi connectivity index (χ2n) is 7.51. The van der Waals surface area contributed by atoms with Gasteiger partial charge in [0, 0.05) is 12.7 Å². The molecular formula is C21H21ClN8O2S. The smallest absolute Gasteiger partial charge is 0.284 e. The van der Waals surface area contributed by atoms with Crippen molar-refractivity contribution in [2.45, 2.75) is 19.4 Å². The highest BCUT2D eigenvalue weighted by molar-refractivity contribution is 7.59. The number of anilines is 3. The van der Waals surface area contributed by atoms with E-state index in [1.54, 1.807) is 16.8 Å². The number of nitrogens with zero attached hydrogens (tertiary/aromatic N) is 6. The lowest BCUT2D eigenvalue weighted by molar-refractivity contribution is 0.101. The van der Waals surface area contributed by atoms with Gasteiger partial charge in [-0.1, -0.05) is 29.8 Å². The van der Waals surface area contributed by atoms with Crippen LogP contribution in [0.25, 0.3) is 11.2 Å². The lowest BCUT2D eigenvalue weighted by Crippen LogP contribution is -2.46. The second kappa shape index (κ2) is 8.41. The molecule has 5 rings (SSSR count). The molecule has 4 aromatic rings. The molecule has 1 fully saturated rings. The zero-order valence-electron chi connectivity index (χ0n) is 17.6. The van der Waals surface area contributed by atoms with Crippen molar-refractivity contribution in [1.82, 2.24) is 24.1 Å². The monoisotopic (exact) mass is 484 g/mol. The molecule has 0 bridgehead atoms. The summed E-state index contributed by atoms with van der Waals surface area (Å²) in [6.07, 6.45) is 2.32. The molecule has 1 aromatic carbocycles. The average molecular weight is 485 g/mol. The third kappa shape index (κ3) is 3.58. The fourth-order valence-corrected chi connectivity index (χ4v) is 4.25. The summed E-state index contributed by atoms with van der Waals surface area (Å²) in [6, 6.07) is 10.5. The van der Waals surface area contributed by atoms with Crippen molar-refractivity contribution in [3.63, 3.8) is 0 Å².